The fourth-order valence-electron chi connectivity index (χ4n) is 2.81. The molecule has 1 aromatic heterocycles. The number of anilines is 1. The first kappa shape index (κ1) is 15.9. The van der Waals surface area contributed by atoms with Gasteiger partial charge in [0.05, 0.1) is 5.69 Å². The lowest BCUT2D eigenvalue weighted by atomic mass is 10.1. The van der Waals surface area contributed by atoms with Gasteiger partial charge in [-0.2, -0.15) is 5.10 Å². The third-order valence-electron chi connectivity index (χ3n) is 4.10. The van der Waals surface area contributed by atoms with Gasteiger partial charge >= 0.3 is 5.97 Å². The topological polar surface area (TPSA) is 96.6 Å². The van der Waals surface area contributed by atoms with Crippen molar-refractivity contribution in [3.63, 3.8) is 0 Å². The van der Waals surface area contributed by atoms with Crippen LogP contribution in [0.1, 0.15) is 40.2 Å². The van der Waals surface area contributed by atoms with E-state index in [1.807, 2.05) is 32.0 Å². The van der Waals surface area contributed by atoms with Crippen LogP contribution in [-0.4, -0.2) is 26.5 Å². The highest BCUT2D eigenvalue weighted by Gasteiger charge is 2.22. The van der Waals surface area contributed by atoms with Gasteiger partial charge in [-0.3, -0.25) is 10.2 Å². The maximum Gasteiger partial charge on any atom is 0.342 e. The number of rotatable bonds is 3. The van der Waals surface area contributed by atoms with E-state index in [9.17, 15) is 9.59 Å². The zero-order valence-corrected chi connectivity index (χ0v) is 13.5. The molecule has 1 aliphatic rings. The lowest BCUT2D eigenvalue weighted by Crippen LogP contribution is -2.37. The first-order chi connectivity index (χ1) is 11.5. The van der Waals surface area contributed by atoms with Crippen molar-refractivity contribution in [3.8, 4) is 0 Å². The van der Waals surface area contributed by atoms with Gasteiger partial charge in [-0.1, -0.05) is 18.2 Å². The second-order valence-corrected chi connectivity index (χ2v) is 5.79. The van der Waals surface area contributed by atoms with Crippen molar-refractivity contribution in [2.75, 3.05) is 5.43 Å². The first-order valence-corrected chi connectivity index (χ1v) is 7.72. The minimum absolute atomic E-state index is 0.347. The smallest absolute Gasteiger partial charge is 0.342 e. The van der Waals surface area contributed by atoms with Gasteiger partial charge in [0.25, 0.3) is 5.56 Å². The summed E-state index contributed by atoms with van der Waals surface area (Å²) in [6.07, 6.45) is 3.14. The molecule has 0 amide bonds. The second kappa shape index (κ2) is 6.27. The summed E-state index contributed by atoms with van der Waals surface area (Å²) in [7, 11) is 0. The van der Waals surface area contributed by atoms with Crippen LogP contribution in [0, 0.1) is 13.8 Å². The lowest BCUT2D eigenvalue weighted by molar-refractivity contribution is 0.0694. The van der Waals surface area contributed by atoms with Crippen LogP contribution >= 0.6 is 0 Å². The molecular formula is C17H18N4O3. The van der Waals surface area contributed by atoms with Crippen molar-refractivity contribution in [2.45, 2.75) is 33.1 Å². The number of carboxylic acids is 1. The van der Waals surface area contributed by atoms with E-state index in [4.69, 9.17) is 5.11 Å². The van der Waals surface area contributed by atoms with Crippen molar-refractivity contribution in [1.82, 2.24) is 9.55 Å². The highest BCUT2D eigenvalue weighted by molar-refractivity contribution is 5.90. The molecule has 0 atom stereocenters. The minimum atomic E-state index is -1.28. The third kappa shape index (κ3) is 2.80. The summed E-state index contributed by atoms with van der Waals surface area (Å²) in [5.74, 6) is -0.256. The van der Waals surface area contributed by atoms with Crippen LogP contribution in [-0.2, 0) is 6.42 Å². The predicted octanol–water partition coefficient (Wildman–Crippen LogP) is 2.17. The van der Waals surface area contributed by atoms with E-state index >= 15 is 0 Å². The summed E-state index contributed by atoms with van der Waals surface area (Å²) in [6.45, 7) is 3.95. The van der Waals surface area contributed by atoms with Gasteiger partial charge in [0.15, 0.2) is 0 Å². The first-order valence-electron chi connectivity index (χ1n) is 7.72. The number of carboxylic acid groups (broad SMARTS) is 1. The number of aromatic carboxylic acids is 1. The van der Waals surface area contributed by atoms with Crippen molar-refractivity contribution in [2.24, 2.45) is 5.10 Å². The Hall–Kier alpha value is -2.96. The summed E-state index contributed by atoms with van der Waals surface area (Å²) in [4.78, 5) is 27.7. The highest BCUT2D eigenvalue weighted by atomic mass is 16.4. The number of benzene rings is 1. The van der Waals surface area contributed by atoms with Crippen LogP contribution in [0.5, 0.6) is 0 Å². The molecule has 3 rings (SSSR count). The number of fused-ring (bicyclic) bond motifs is 1. The standard InChI is InChI=1S/C17H18N4O3/c1-10-5-3-6-11(2)15(10)20-19-14-8-4-7-13-18-9-12(17(23)24)16(22)21(13)14/h3,5-6,9,20H,4,7-8H2,1-2H3,(H,23,24). The van der Waals surface area contributed by atoms with Crippen molar-refractivity contribution in [3.05, 3.63) is 57.3 Å². The van der Waals surface area contributed by atoms with Gasteiger partial charge in [0.2, 0.25) is 0 Å². The summed E-state index contributed by atoms with van der Waals surface area (Å²) >= 11 is 0. The monoisotopic (exact) mass is 326 g/mol. The Morgan fingerprint density at radius 3 is 2.67 bits per heavy atom. The molecule has 7 heteroatoms. The molecule has 0 spiro atoms. The number of carbonyl (C=O) groups is 1. The lowest BCUT2D eigenvalue weighted by Gasteiger charge is -2.20. The van der Waals surface area contributed by atoms with Crippen molar-refractivity contribution in [1.29, 1.82) is 0 Å². The molecule has 0 fully saturated rings. The van der Waals surface area contributed by atoms with Crippen LogP contribution in [0.2, 0.25) is 0 Å². The fraction of sp³-hybridized carbons (Fsp3) is 0.294. The summed E-state index contributed by atoms with van der Waals surface area (Å²) in [6, 6.07) is 5.91. The Morgan fingerprint density at radius 2 is 2.00 bits per heavy atom. The minimum Gasteiger partial charge on any atom is -0.477 e. The van der Waals surface area contributed by atoms with Gasteiger partial charge in [-0.25, -0.2) is 14.3 Å². The highest BCUT2D eigenvalue weighted by Crippen LogP contribution is 2.20. The predicted molar refractivity (Wildman–Crippen MR) is 90.8 cm³/mol. The molecule has 24 heavy (non-hydrogen) atoms. The van der Waals surface area contributed by atoms with Gasteiger partial charge in [0.1, 0.15) is 17.2 Å². The molecule has 0 saturated heterocycles. The summed E-state index contributed by atoms with van der Waals surface area (Å²) in [5.41, 5.74) is 5.05. The molecule has 0 bridgehead atoms. The Bertz CT molecular complexity index is 879. The second-order valence-electron chi connectivity index (χ2n) is 5.79. The molecule has 0 radical (unpaired) electrons. The van der Waals surface area contributed by atoms with E-state index in [1.165, 1.54) is 4.57 Å². The Labute approximate surface area is 138 Å². The molecule has 7 nitrogen and oxygen atoms in total. The average molecular weight is 326 g/mol. The van der Waals surface area contributed by atoms with E-state index in [2.05, 4.69) is 15.5 Å². The van der Waals surface area contributed by atoms with Crippen molar-refractivity contribution >= 4 is 17.5 Å². The number of hydrogen-bond acceptors (Lipinski definition) is 5. The molecule has 1 aliphatic heterocycles. The number of aromatic nitrogens is 2. The normalized spacial score (nSPS) is 15.2. The SMILES string of the molecule is Cc1cccc(C)c1NN=C1CCCc2ncc(C(=O)O)c(=O)n21. The van der Waals surface area contributed by atoms with Gasteiger partial charge in [0, 0.05) is 19.0 Å². The Kier molecular flexibility index (Phi) is 4.16. The van der Waals surface area contributed by atoms with Crippen LogP contribution < -0.4 is 11.0 Å². The Balaban J connectivity index is 2.05. The number of aryl methyl sites for hydroxylation is 3. The maximum absolute atomic E-state index is 12.4. The molecule has 2 heterocycles. The molecule has 0 saturated carbocycles. The molecule has 1 aromatic carbocycles. The molecule has 2 N–H and O–H groups in total. The summed E-state index contributed by atoms with van der Waals surface area (Å²) < 4.78 is 1.31. The zero-order chi connectivity index (χ0) is 17.3. The fourth-order valence-corrected chi connectivity index (χ4v) is 2.81. The van der Waals surface area contributed by atoms with E-state index in [-0.39, 0.29) is 5.56 Å². The van der Waals surface area contributed by atoms with Crippen LogP contribution in [0.3, 0.4) is 0 Å². The van der Waals surface area contributed by atoms with Gasteiger partial charge in [-0.15, -0.1) is 0 Å². The van der Waals surface area contributed by atoms with Gasteiger partial charge < -0.3 is 5.11 Å². The summed E-state index contributed by atoms with van der Waals surface area (Å²) in [5, 5.41) is 13.5. The molecule has 124 valence electrons. The molecular weight excluding hydrogens is 308 g/mol. The van der Waals surface area contributed by atoms with Gasteiger partial charge in [-0.05, 0) is 31.4 Å². The van der Waals surface area contributed by atoms with E-state index < -0.39 is 11.5 Å². The number of nitrogens with one attached hydrogen (secondary N) is 1. The number of hydrogen-bond donors (Lipinski definition) is 2. The van der Waals surface area contributed by atoms with E-state index in [0.717, 1.165) is 29.4 Å². The molecule has 0 aliphatic carbocycles. The maximum atomic E-state index is 12.4. The zero-order valence-electron chi connectivity index (χ0n) is 13.5. The number of nitrogens with zero attached hydrogens (tertiary/aromatic N) is 3. The van der Waals surface area contributed by atoms with E-state index in [1.54, 1.807) is 0 Å². The largest absolute Gasteiger partial charge is 0.477 e. The van der Waals surface area contributed by atoms with E-state index in [0.29, 0.717) is 24.5 Å². The molecule has 2 aromatic rings. The van der Waals surface area contributed by atoms with Crippen molar-refractivity contribution < 1.29 is 9.90 Å². The van der Waals surface area contributed by atoms with Crippen LogP contribution in [0.15, 0.2) is 34.3 Å². The third-order valence-corrected chi connectivity index (χ3v) is 4.10. The number of hydrazone groups is 1. The molecule has 0 unspecified atom stereocenters. The number of para-hydroxylation sites is 1. The van der Waals surface area contributed by atoms with Crippen LogP contribution in [0.25, 0.3) is 0 Å². The van der Waals surface area contributed by atoms with Crippen LogP contribution in [0.4, 0.5) is 5.69 Å². The quantitative estimate of drug-likeness (QED) is 0.843. The average Bonchev–Trinajstić information content (AvgIpc) is 2.54. The Morgan fingerprint density at radius 1 is 1.29 bits per heavy atom.